The smallest absolute Gasteiger partial charge is 0.249 e. The third-order valence-electron chi connectivity index (χ3n) is 4.97. The summed E-state index contributed by atoms with van der Waals surface area (Å²) in [5.74, 6) is -0.0776. The van der Waals surface area contributed by atoms with Gasteiger partial charge in [0.1, 0.15) is 11.6 Å². The van der Waals surface area contributed by atoms with Crippen LogP contribution < -0.4 is 5.32 Å². The molecule has 2 aliphatic heterocycles. The first kappa shape index (κ1) is 14.3. The van der Waals surface area contributed by atoms with E-state index in [1.54, 1.807) is 18.7 Å². The van der Waals surface area contributed by atoms with Crippen LogP contribution in [0.3, 0.4) is 0 Å². The Morgan fingerprint density at radius 1 is 1.37 bits per heavy atom. The predicted octanol–water partition coefficient (Wildman–Crippen LogP) is 1.07. The number of rotatable bonds is 2. The molecule has 2 fully saturated rings. The monoisotopic (exact) mass is 268 g/mol. The van der Waals surface area contributed by atoms with Crippen molar-refractivity contribution in [2.45, 2.75) is 70.7 Å². The van der Waals surface area contributed by atoms with E-state index in [4.69, 9.17) is 4.74 Å². The third kappa shape index (κ3) is 1.95. The molecule has 0 bridgehead atoms. The molecule has 2 aliphatic rings. The zero-order chi connectivity index (χ0) is 14.4. The minimum absolute atomic E-state index is 0.00181. The van der Waals surface area contributed by atoms with Gasteiger partial charge in [-0.15, -0.1) is 0 Å². The molecule has 2 rings (SSSR count). The minimum Gasteiger partial charge on any atom is -0.376 e. The van der Waals surface area contributed by atoms with E-state index in [1.807, 2.05) is 20.8 Å². The highest BCUT2D eigenvalue weighted by atomic mass is 16.5. The van der Waals surface area contributed by atoms with Crippen molar-refractivity contribution in [2.24, 2.45) is 0 Å². The van der Waals surface area contributed by atoms with Crippen molar-refractivity contribution in [3.8, 4) is 0 Å². The van der Waals surface area contributed by atoms with Gasteiger partial charge in [-0.1, -0.05) is 6.92 Å². The van der Waals surface area contributed by atoms with E-state index in [-0.39, 0.29) is 17.9 Å². The van der Waals surface area contributed by atoms with Gasteiger partial charge >= 0.3 is 0 Å². The van der Waals surface area contributed by atoms with Crippen LogP contribution in [0.5, 0.6) is 0 Å². The molecule has 0 saturated carbocycles. The van der Waals surface area contributed by atoms with E-state index < -0.39 is 17.1 Å². The van der Waals surface area contributed by atoms with Crippen LogP contribution in [-0.4, -0.2) is 46.5 Å². The largest absolute Gasteiger partial charge is 0.376 e. The highest BCUT2D eigenvalue weighted by molar-refractivity contribution is 5.99. The molecule has 0 spiro atoms. The number of carbonyl (C=O) groups is 2. The number of amides is 2. The van der Waals surface area contributed by atoms with E-state index >= 15 is 0 Å². The Kier molecular flexibility index (Phi) is 3.37. The van der Waals surface area contributed by atoms with E-state index in [0.717, 1.165) is 6.42 Å². The molecule has 4 atom stereocenters. The fourth-order valence-electron chi connectivity index (χ4n) is 3.04. The SMILES string of the molecule is CCC1(C)NC(=O)C(C)N(C2(C)CCOC2C)C1=O. The maximum atomic E-state index is 12.8. The number of nitrogens with one attached hydrogen (secondary N) is 1. The molecule has 0 aromatic heterocycles. The maximum Gasteiger partial charge on any atom is 0.249 e. The molecule has 2 amide bonds. The van der Waals surface area contributed by atoms with Crippen LogP contribution >= 0.6 is 0 Å². The van der Waals surface area contributed by atoms with E-state index in [9.17, 15) is 9.59 Å². The van der Waals surface area contributed by atoms with Gasteiger partial charge < -0.3 is 15.0 Å². The van der Waals surface area contributed by atoms with Crippen LogP contribution in [0.15, 0.2) is 0 Å². The van der Waals surface area contributed by atoms with Crippen LogP contribution in [0.1, 0.15) is 47.5 Å². The molecule has 0 radical (unpaired) electrons. The fourth-order valence-corrected chi connectivity index (χ4v) is 3.04. The van der Waals surface area contributed by atoms with Crippen molar-refractivity contribution in [3.63, 3.8) is 0 Å². The topological polar surface area (TPSA) is 58.6 Å². The van der Waals surface area contributed by atoms with Gasteiger partial charge in [0.25, 0.3) is 0 Å². The Balaban J connectivity index is 2.41. The van der Waals surface area contributed by atoms with E-state index in [0.29, 0.717) is 13.0 Å². The molecule has 0 aliphatic carbocycles. The van der Waals surface area contributed by atoms with E-state index in [1.165, 1.54) is 0 Å². The van der Waals surface area contributed by atoms with Crippen molar-refractivity contribution >= 4 is 11.8 Å². The second kappa shape index (κ2) is 4.47. The van der Waals surface area contributed by atoms with Gasteiger partial charge in [0, 0.05) is 6.61 Å². The summed E-state index contributed by atoms with van der Waals surface area (Å²) in [4.78, 5) is 26.8. The predicted molar refractivity (Wildman–Crippen MR) is 71.6 cm³/mol. The zero-order valence-corrected chi connectivity index (χ0v) is 12.4. The maximum absolute atomic E-state index is 12.8. The molecular formula is C14H24N2O3. The molecule has 4 unspecified atom stereocenters. The summed E-state index contributed by atoms with van der Waals surface area (Å²) in [6.45, 7) is 10.1. The van der Waals surface area contributed by atoms with Crippen LogP contribution in [0.25, 0.3) is 0 Å². The van der Waals surface area contributed by atoms with Gasteiger partial charge in [-0.2, -0.15) is 0 Å². The summed E-state index contributed by atoms with van der Waals surface area (Å²) in [7, 11) is 0. The number of piperazine rings is 1. The highest BCUT2D eigenvalue weighted by Crippen LogP contribution is 2.37. The molecule has 5 nitrogen and oxygen atoms in total. The molecule has 108 valence electrons. The first-order chi connectivity index (χ1) is 8.76. The lowest BCUT2D eigenvalue weighted by molar-refractivity contribution is -0.163. The van der Waals surface area contributed by atoms with Gasteiger partial charge in [-0.05, 0) is 40.5 Å². The van der Waals surface area contributed by atoms with Crippen LogP contribution in [0, 0.1) is 0 Å². The van der Waals surface area contributed by atoms with Gasteiger partial charge in [-0.25, -0.2) is 0 Å². The lowest BCUT2D eigenvalue weighted by Gasteiger charge is -2.51. The molecule has 2 heterocycles. The van der Waals surface area contributed by atoms with Crippen molar-refractivity contribution in [1.82, 2.24) is 10.2 Å². The molecule has 0 aromatic rings. The Morgan fingerprint density at radius 3 is 2.47 bits per heavy atom. The van der Waals surface area contributed by atoms with Gasteiger partial charge in [0.2, 0.25) is 11.8 Å². The van der Waals surface area contributed by atoms with Crippen molar-refractivity contribution < 1.29 is 14.3 Å². The van der Waals surface area contributed by atoms with Gasteiger partial charge in [0.15, 0.2) is 0 Å². The molecule has 1 N–H and O–H groups in total. The van der Waals surface area contributed by atoms with Crippen LogP contribution in [-0.2, 0) is 14.3 Å². The average Bonchev–Trinajstić information content (AvgIpc) is 2.68. The Bertz CT molecular complexity index is 411. The highest BCUT2D eigenvalue weighted by Gasteiger charge is 2.54. The summed E-state index contributed by atoms with van der Waals surface area (Å²) in [5, 5.41) is 2.86. The third-order valence-corrected chi connectivity index (χ3v) is 4.97. The minimum atomic E-state index is -0.797. The summed E-state index contributed by atoms with van der Waals surface area (Å²) in [6.07, 6.45) is 1.31. The number of carbonyl (C=O) groups excluding carboxylic acids is 2. The van der Waals surface area contributed by atoms with E-state index in [2.05, 4.69) is 5.32 Å². The van der Waals surface area contributed by atoms with Crippen LogP contribution in [0.2, 0.25) is 0 Å². The normalized spacial score (nSPS) is 43.5. The first-order valence-electron chi connectivity index (χ1n) is 7.03. The summed E-state index contributed by atoms with van der Waals surface area (Å²) in [5.41, 5.74) is -1.19. The quantitative estimate of drug-likeness (QED) is 0.815. The summed E-state index contributed by atoms with van der Waals surface area (Å²) >= 11 is 0. The fraction of sp³-hybridized carbons (Fsp3) is 0.857. The number of ether oxygens (including phenoxy) is 1. The summed E-state index contributed by atoms with van der Waals surface area (Å²) < 4.78 is 5.63. The Labute approximate surface area is 114 Å². The van der Waals surface area contributed by atoms with Gasteiger partial charge in [-0.3, -0.25) is 9.59 Å². The van der Waals surface area contributed by atoms with Crippen molar-refractivity contribution in [2.75, 3.05) is 6.61 Å². The molecule has 19 heavy (non-hydrogen) atoms. The second-order valence-corrected chi connectivity index (χ2v) is 6.15. The molecular weight excluding hydrogens is 244 g/mol. The average molecular weight is 268 g/mol. The Hall–Kier alpha value is -1.10. The summed E-state index contributed by atoms with van der Waals surface area (Å²) in [6, 6.07) is -0.443. The second-order valence-electron chi connectivity index (χ2n) is 6.15. The number of hydrogen-bond acceptors (Lipinski definition) is 3. The molecule has 5 heteroatoms. The first-order valence-corrected chi connectivity index (χ1v) is 7.03. The number of nitrogens with zero attached hydrogens (tertiary/aromatic N) is 1. The standard InChI is InChI=1S/C14H24N2O3/c1-6-13(4)12(18)16(9(2)11(17)15-13)14(5)7-8-19-10(14)3/h9-10H,6-8H2,1-5H3,(H,15,17). The molecule has 0 aromatic carbocycles. The molecule has 2 saturated heterocycles. The number of hydrogen-bond donors (Lipinski definition) is 1. The van der Waals surface area contributed by atoms with Crippen molar-refractivity contribution in [1.29, 1.82) is 0 Å². The van der Waals surface area contributed by atoms with Crippen LogP contribution in [0.4, 0.5) is 0 Å². The Morgan fingerprint density at radius 2 is 2.00 bits per heavy atom. The van der Waals surface area contributed by atoms with Gasteiger partial charge in [0.05, 0.1) is 11.6 Å². The lowest BCUT2D eigenvalue weighted by atomic mass is 9.84. The van der Waals surface area contributed by atoms with Crippen molar-refractivity contribution in [3.05, 3.63) is 0 Å². The lowest BCUT2D eigenvalue weighted by Crippen LogP contribution is -2.73. The zero-order valence-electron chi connectivity index (χ0n) is 12.4.